The van der Waals surface area contributed by atoms with E-state index in [0.717, 1.165) is 17.5 Å². The highest BCUT2D eigenvalue weighted by Gasteiger charge is 2.64. The first-order chi connectivity index (χ1) is 9.43. The maximum Gasteiger partial charge on any atom is 0.157 e. The molecule has 108 valence electrons. The van der Waals surface area contributed by atoms with Crippen molar-refractivity contribution in [3.05, 3.63) is 35.9 Å². The first-order valence-corrected chi connectivity index (χ1v) is 8.40. The van der Waals surface area contributed by atoms with Crippen LogP contribution in [0, 0.1) is 16.7 Å². The average Bonchev–Trinajstić information content (AvgIpc) is 2.76. The van der Waals surface area contributed by atoms with Crippen LogP contribution in [0.3, 0.4) is 0 Å². The van der Waals surface area contributed by atoms with Gasteiger partial charge in [-0.25, -0.2) is 0 Å². The molecular weight excluding hydrogens is 264 g/mol. The van der Waals surface area contributed by atoms with Crippen LogP contribution in [0.15, 0.2) is 35.3 Å². The second kappa shape index (κ2) is 4.80. The smallest absolute Gasteiger partial charge is 0.157 e. The zero-order valence-electron chi connectivity index (χ0n) is 12.8. The molecule has 0 bridgehead atoms. The van der Waals surface area contributed by atoms with Gasteiger partial charge in [-0.1, -0.05) is 69.8 Å². The van der Waals surface area contributed by atoms with Gasteiger partial charge in [-0.2, -0.15) is 0 Å². The maximum atomic E-state index is 4.82. The second-order valence-electron chi connectivity index (χ2n) is 7.06. The highest BCUT2D eigenvalue weighted by atomic mass is 32.2. The van der Waals surface area contributed by atoms with Gasteiger partial charge in [0.1, 0.15) is 0 Å². The van der Waals surface area contributed by atoms with Crippen LogP contribution < -0.4 is 5.32 Å². The van der Waals surface area contributed by atoms with Crippen molar-refractivity contribution in [2.45, 2.75) is 33.7 Å². The van der Waals surface area contributed by atoms with E-state index >= 15 is 0 Å². The lowest BCUT2D eigenvalue weighted by molar-refractivity contribution is 0.457. The van der Waals surface area contributed by atoms with Gasteiger partial charge in [0, 0.05) is 12.3 Å². The fourth-order valence-electron chi connectivity index (χ4n) is 3.31. The summed E-state index contributed by atoms with van der Waals surface area (Å²) >= 11 is 1.85. The summed E-state index contributed by atoms with van der Waals surface area (Å²) in [7, 11) is 0. The third-order valence-corrected chi connectivity index (χ3v) is 6.64. The van der Waals surface area contributed by atoms with Crippen LogP contribution in [-0.4, -0.2) is 17.5 Å². The van der Waals surface area contributed by atoms with E-state index in [-0.39, 0.29) is 0 Å². The van der Waals surface area contributed by atoms with Crippen molar-refractivity contribution in [3.63, 3.8) is 0 Å². The molecule has 20 heavy (non-hydrogen) atoms. The lowest BCUT2D eigenvalue weighted by atomic mass is 10.0. The fraction of sp³-hybridized carbons (Fsp3) is 0.588. The molecule has 1 aliphatic heterocycles. The summed E-state index contributed by atoms with van der Waals surface area (Å²) in [6.45, 7) is 10.4. The van der Waals surface area contributed by atoms with E-state index in [1.807, 2.05) is 11.8 Å². The predicted octanol–water partition coefficient (Wildman–Crippen LogP) is 4.10. The molecule has 1 aromatic carbocycles. The fourth-order valence-corrected chi connectivity index (χ4v) is 4.31. The van der Waals surface area contributed by atoms with Crippen molar-refractivity contribution < 1.29 is 0 Å². The van der Waals surface area contributed by atoms with E-state index in [0.29, 0.717) is 22.8 Å². The molecule has 1 atom stereocenters. The standard InChI is InChI=1S/C17H24N2S/c1-16(2)14(17(16,3)4)10-18-15-19-13(11-20-15)12-8-6-5-7-9-12/h5-9,13-14H,10-11H2,1-4H3,(H,18,19). The highest BCUT2D eigenvalue weighted by Crippen LogP contribution is 2.68. The van der Waals surface area contributed by atoms with Gasteiger partial charge in [0.2, 0.25) is 0 Å². The van der Waals surface area contributed by atoms with Crippen molar-refractivity contribution in [2.75, 3.05) is 12.3 Å². The summed E-state index contributed by atoms with van der Waals surface area (Å²) < 4.78 is 0. The van der Waals surface area contributed by atoms with Crippen molar-refractivity contribution in [3.8, 4) is 0 Å². The molecule has 0 radical (unpaired) electrons. The Hall–Kier alpha value is -0.960. The van der Waals surface area contributed by atoms with Crippen LogP contribution in [0.4, 0.5) is 0 Å². The van der Waals surface area contributed by atoms with Crippen LogP contribution in [0.2, 0.25) is 0 Å². The molecule has 0 spiro atoms. The molecule has 2 fully saturated rings. The molecule has 1 aromatic rings. The number of hydrogen-bond donors (Lipinski definition) is 1. The zero-order chi connectivity index (χ0) is 14.4. The lowest BCUT2D eigenvalue weighted by Crippen LogP contribution is -2.19. The summed E-state index contributed by atoms with van der Waals surface area (Å²) in [5, 5.41) is 4.68. The Balaban J connectivity index is 1.60. The van der Waals surface area contributed by atoms with E-state index in [1.54, 1.807) is 0 Å². The Morgan fingerprint density at radius 2 is 1.80 bits per heavy atom. The second-order valence-corrected chi connectivity index (χ2v) is 8.07. The van der Waals surface area contributed by atoms with Gasteiger partial charge in [0.25, 0.3) is 0 Å². The van der Waals surface area contributed by atoms with Crippen LogP contribution in [0.5, 0.6) is 0 Å². The Bertz CT molecular complexity index is 505. The molecule has 1 unspecified atom stereocenters. The third kappa shape index (κ3) is 2.26. The first-order valence-electron chi connectivity index (χ1n) is 7.41. The van der Waals surface area contributed by atoms with Gasteiger partial charge in [0.15, 0.2) is 5.17 Å². The molecule has 1 aliphatic carbocycles. The van der Waals surface area contributed by atoms with Gasteiger partial charge in [-0.05, 0) is 22.3 Å². The molecule has 3 rings (SSSR count). The van der Waals surface area contributed by atoms with Gasteiger partial charge in [-0.3, -0.25) is 4.99 Å². The summed E-state index contributed by atoms with van der Waals surface area (Å²) in [4.78, 5) is 4.82. The molecule has 2 nitrogen and oxygen atoms in total. The van der Waals surface area contributed by atoms with Crippen molar-refractivity contribution in [2.24, 2.45) is 21.7 Å². The number of aliphatic imine (C=N–C) groups is 1. The van der Waals surface area contributed by atoms with Crippen LogP contribution >= 0.6 is 11.8 Å². The molecule has 2 aliphatic rings. The number of thioether (sulfide) groups is 1. The number of hydrogen-bond acceptors (Lipinski definition) is 2. The van der Waals surface area contributed by atoms with Gasteiger partial charge < -0.3 is 5.32 Å². The predicted molar refractivity (Wildman–Crippen MR) is 88.1 cm³/mol. The number of rotatable bonds is 3. The van der Waals surface area contributed by atoms with E-state index in [9.17, 15) is 0 Å². The van der Waals surface area contributed by atoms with Gasteiger partial charge >= 0.3 is 0 Å². The minimum absolute atomic E-state index is 0.417. The average molecular weight is 288 g/mol. The van der Waals surface area contributed by atoms with Gasteiger partial charge in [-0.15, -0.1) is 0 Å². The highest BCUT2D eigenvalue weighted by molar-refractivity contribution is 8.14. The van der Waals surface area contributed by atoms with Crippen LogP contribution in [-0.2, 0) is 0 Å². The number of benzene rings is 1. The number of nitrogens with zero attached hydrogens (tertiary/aromatic N) is 1. The van der Waals surface area contributed by atoms with Crippen molar-refractivity contribution in [1.82, 2.24) is 5.32 Å². The molecule has 0 amide bonds. The lowest BCUT2D eigenvalue weighted by Gasteiger charge is -2.09. The van der Waals surface area contributed by atoms with Crippen LogP contribution in [0.1, 0.15) is 39.3 Å². The topological polar surface area (TPSA) is 24.4 Å². The Morgan fingerprint density at radius 3 is 2.40 bits per heavy atom. The molecule has 3 heteroatoms. The molecule has 1 saturated carbocycles. The maximum absolute atomic E-state index is 4.82. The molecular formula is C17H24N2S. The normalized spacial score (nSPS) is 29.4. The minimum atomic E-state index is 0.417. The summed E-state index contributed by atoms with van der Waals surface area (Å²) in [5.41, 5.74) is 2.22. The molecule has 0 aromatic heterocycles. The summed E-state index contributed by atoms with van der Waals surface area (Å²) in [6, 6.07) is 11.1. The van der Waals surface area contributed by atoms with Crippen molar-refractivity contribution in [1.29, 1.82) is 0 Å². The van der Waals surface area contributed by atoms with Crippen LogP contribution in [0.25, 0.3) is 0 Å². The number of nitrogens with one attached hydrogen (secondary N) is 1. The molecule has 1 heterocycles. The van der Waals surface area contributed by atoms with E-state index in [2.05, 4.69) is 63.3 Å². The third-order valence-electron chi connectivity index (χ3n) is 5.62. The van der Waals surface area contributed by atoms with Crippen molar-refractivity contribution >= 4 is 16.9 Å². The first kappa shape index (κ1) is 14.0. The Labute approximate surface area is 126 Å². The zero-order valence-corrected chi connectivity index (χ0v) is 13.6. The Kier molecular flexibility index (Phi) is 3.36. The molecule has 1 saturated heterocycles. The Morgan fingerprint density at radius 1 is 1.15 bits per heavy atom. The summed E-state index contributed by atoms with van der Waals surface area (Å²) in [6.07, 6.45) is 0. The van der Waals surface area contributed by atoms with E-state index in [1.165, 1.54) is 5.56 Å². The van der Waals surface area contributed by atoms with Gasteiger partial charge in [0.05, 0.1) is 6.04 Å². The monoisotopic (exact) mass is 288 g/mol. The quantitative estimate of drug-likeness (QED) is 0.905. The summed E-state index contributed by atoms with van der Waals surface area (Å²) in [5.74, 6) is 1.79. The number of amidine groups is 1. The molecule has 1 N–H and O–H groups in total. The minimum Gasteiger partial charge on any atom is -0.357 e. The van der Waals surface area contributed by atoms with E-state index in [4.69, 9.17) is 4.99 Å². The van der Waals surface area contributed by atoms with E-state index < -0.39 is 0 Å². The SMILES string of the molecule is CC1(C)C(CN=C2NC(c3ccccc3)CS2)C1(C)C. The largest absolute Gasteiger partial charge is 0.357 e.